The Bertz CT molecular complexity index is 1270. The number of carbonyl (C=O) groups is 1. The normalized spacial score (nSPS) is 15.0. The Balaban J connectivity index is 1.59. The third kappa shape index (κ3) is 6.14. The Labute approximate surface area is 212 Å². The summed E-state index contributed by atoms with van der Waals surface area (Å²) in [5, 5.41) is 7.53. The Kier molecular flexibility index (Phi) is 7.05. The van der Waals surface area contributed by atoms with Crippen LogP contribution >= 0.6 is 0 Å². The lowest BCUT2D eigenvalue weighted by molar-refractivity contribution is -0.137. The highest BCUT2D eigenvalue weighted by molar-refractivity contribution is 5.70. The number of allylic oxidation sites excluding steroid dienone is 1. The van der Waals surface area contributed by atoms with Gasteiger partial charge in [-0.3, -0.25) is 0 Å². The van der Waals surface area contributed by atoms with Crippen molar-refractivity contribution in [2.24, 2.45) is 0 Å². The molecule has 4 rings (SSSR count). The number of rotatable bonds is 7. The first-order chi connectivity index (χ1) is 17.4. The van der Waals surface area contributed by atoms with Crippen molar-refractivity contribution in [3.63, 3.8) is 0 Å². The predicted molar refractivity (Wildman–Crippen MR) is 131 cm³/mol. The van der Waals surface area contributed by atoms with Gasteiger partial charge in [0.25, 0.3) is 0 Å². The molecule has 2 heterocycles. The molecule has 0 bridgehead atoms. The van der Waals surface area contributed by atoms with Crippen LogP contribution in [0.2, 0.25) is 0 Å². The summed E-state index contributed by atoms with van der Waals surface area (Å²) < 4.78 is 56.9. The van der Waals surface area contributed by atoms with E-state index in [2.05, 4.69) is 17.0 Å². The van der Waals surface area contributed by atoms with E-state index in [9.17, 15) is 18.0 Å². The number of alkyl halides is 3. The maximum atomic E-state index is 12.9. The van der Waals surface area contributed by atoms with Gasteiger partial charge in [-0.25, -0.2) is 9.48 Å². The first kappa shape index (κ1) is 26.3. The summed E-state index contributed by atoms with van der Waals surface area (Å²) in [6, 6.07) is 13.7. The molecule has 3 aromatic rings. The van der Waals surface area contributed by atoms with Gasteiger partial charge in [0.2, 0.25) is 5.88 Å². The van der Waals surface area contributed by atoms with Crippen LogP contribution in [0.4, 0.5) is 18.0 Å². The van der Waals surface area contributed by atoms with Gasteiger partial charge in [0.1, 0.15) is 16.9 Å². The molecular formula is C27H28F3N3O4. The second-order valence-electron chi connectivity index (χ2n) is 9.75. The topological polar surface area (TPSA) is 74.6 Å². The van der Waals surface area contributed by atoms with Crippen LogP contribution < -0.4 is 10.1 Å². The van der Waals surface area contributed by atoms with E-state index >= 15 is 0 Å². The van der Waals surface area contributed by atoms with Crippen molar-refractivity contribution in [2.45, 2.75) is 44.6 Å². The summed E-state index contributed by atoms with van der Waals surface area (Å²) in [5.74, 6) is 0.583. The number of benzene rings is 2. The van der Waals surface area contributed by atoms with Gasteiger partial charge in [0.05, 0.1) is 31.0 Å². The van der Waals surface area contributed by atoms with Gasteiger partial charge in [0.15, 0.2) is 0 Å². The average molecular weight is 516 g/mol. The molecule has 1 aliphatic rings. The lowest BCUT2D eigenvalue weighted by atomic mass is 9.87. The number of amides is 1. The quantitative estimate of drug-likeness (QED) is 0.374. The van der Waals surface area contributed by atoms with Gasteiger partial charge in [-0.2, -0.15) is 18.3 Å². The third-order valence-electron chi connectivity index (χ3n) is 5.60. The Hall–Kier alpha value is -3.79. The summed E-state index contributed by atoms with van der Waals surface area (Å²) in [6.07, 6.45) is -3.33. The van der Waals surface area contributed by atoms with E-state index in [1.807, 2.05) is 24.3 Å². The smallest absolute Gasteiger partial charge is 0.416 e. The highest BCUT2D eigenvalue weighted by Crippen LogP contribution is 2.35. The zero-order chi connectivity index (χ0) is 26.8. The standard InChI is InChI=1S/C27H28F3N3O4/c1-5-13-33-23(36-21-11-9-19(10-12-21)27(28,29)30)15-22(32-33)18-7-6-8-20(14-18)26(16-35-17-26)31-24(34)37-25(2,3)4/h5-12,14-15H,1,13,16-17H2,2-4H3,(H,31,34). The van der Waals surface area contributed by atoms with Crippen molar-refractivity contribution in [1.82, 2.24) is 15.1 Å². The number of nitrogens with one attached hydrogen (secondary N) is 1. The monoisotopic (exact) mass is 515 g/mol. The number of halogens is 3. The van der Waals surface area contributed by atoms with Crippen LogP contribution in [0.25, 0.3) is 11.3 Å². The fourth-order valence-electron chi connectivity index (χ4n) is 3.80. The first-order valence-corrected chi connectivity index (χ1v) is 11.6. The third-order valence-corrected chi connectivity index (χ3v) is 5.60. The van der Waals surface area contributed by atoms with Gasteiger partial charge in [-0.1, -0.05) is 24.3 Å². The summed E-state index contributed by atoms with van der Waals surface area (Å²) in [5.41, 5.74) is 0.0327. The number of nitrogens with zero attached hydrogens (tertiary/aromatic N) is 2. The van der Waals surface area contributed by atoms with Crippen LogP contribution in [0, 0.1) is 0 Å². The zero-order valence-electron chi connectivity index (χ0n) is 20.8. The van der Waals surface area contributed by atoms with Crippen molar-refractivity contribution in [1.29, 1.82) is 0 Å². The molecule has 0 unspecified atom stereocenters. The molecule has 1 aliphatic heterocycles. The van der Waals surface area contributed by atoms with Crippen LogP contribution in [0.3, 0.4) is 0 Å². The van der Waals surface area contributed by atoms with Crippen molar-refractivity contribution < 1.29 is 32.2 Å². The SMILES string of the molecule is C=CCn1nc(-c2cccc(C3(NC(=O)OC(C)(C)C)COC3)c2)cc1Oc1ccc(C(F)(F)F)cc1. The molecule has 1 N–H and O–H groups in total. The minimum atomic E-state index is -4.43. The minimum absolute atomic E-state index is 0.241. The fraction of sp³-hybridized carbons (Fsp3) is 0.333. The Morgan fingerprint density at radius 2 is 1.86 bits per heavy atom. The largest absolute Gasteiger partial charge is 0.444 e. The number of alkyl carbamates (subject to hydrolysis) is 1. The van der Waals surface area contributed by atoms with Crippen molar-refractivity contribution in [3.8, 4) is 22.9 Å². The molecule has 0 spiro atoms. The van der Waals surface area contributed by atoms with Gasteiger partial charge >= 0.3 is 12.3 Å². The molecule has 0 saturated carbocycles. The van der Waals surface area contributed by atoms with E-state index < -0.39 is 29.0 Å². The minimum Gasteiger partial charge on any atom is -0.444 e. The van der Waals surface area contributed by atoms with Gasteiger partial charge in [-0.05, 0) is 56.7 Å². The molecule has 1 aromatic heterocycles. The zero-order valence-corrected chi connectivity index (χ0v) is 20.8. The van der Waals surface area contributed by atoms with E-state index in [1.165, 1.54) is 12.1 Å². The lowest BCUT2D eigenvalue weighted by Gasteiger charge is -2.42. The number of ether oxygens (including phenoxy) is 3. The van der Waals surface area contributed by atoms with Crippen LogP contribution in [0.1, 0.15) is 31.9 Å². The van der Waals surface area contributed by atoms with Crippen LogP contribution in [-0.4, -0.2) is 34.7 Å². The number of aromatic nitrogens is 2. The summed E-state index contributed by atoms with van der Waals surface area (Å²) >= 11 is 0. The van der Waals surface area contributed by atoms with Crippen molar-refractivity contribution >= 4 is 6.09 Å². The van der Waals surface area contributed by atoms with E-state index in [1.54, 1.807) is 37.6 Å². The number of hydrogen-bond acceptors (Lipinski definition) is 5. The molecule has 10 heteroatoms. The summed E-state index contributed by atoms with van der Waals surface area (Å²) in [6.45, 7) is 10.0. The maximum Gasteiger partial charge on any atom is 0.416 e. The Morgan fingerprint density at radius 3 is 2.43 bits per heavy atom. The average Bonchev–Trinajstić information content (AvgIpc) is 3.17. The summed E-state index contributed by atoms with van der Waals surface area (Å²) in [4.78, 5) is 12.5. The van der Waals surface area contributed by atoms with Gasteiger partial charge in [0, 0.05) is 11.6 Å². The highest BCUT2D eigenvalue weighted by atomic mass is 19.4. The maximum absolute atomic E-state index is 12.9. The van der Waals surface area contributed by atoms with Crippen molar-refractivity contribution in [3.05, 3.63) is 78.4 Å². The summed E-state index contributed by atoms with van der Waals surface area (Å²) in [7, 11) is 0. The molecule has 1 fully saturated rings. The molecule has 196 valence electrons. The van der Waals surface area contributed by atoms with Gasteiger partial charge < -0.3 is 19.5 Å². The molecule has 0 aliphatic carbocycles. The van der Waals surface area contributed by atoms with E-state index in [4.69, 9.17) is 14.2 Å². The first-order valence-electron chi connectivity index (χ1n) is 11.6. The van der Waals surface area contributed by atoms with Crippen LogP contribution in [0.15, 0.2) is 67.3 Å². The second-order valence-corrected chi connectivity index (χ2v) is 9.75. The molecule has 0 radical (unpaired) electrons. The molecule has 1 saturated heterocycles. The van der Waals surface area contributed by atoms with Crippen LogP contribution in [-0.2, 0) is 27.7 Å². The molecule has 2 aromatic carbocycles. The number of hydrogen-bond donors (Lipinski definition) is 1. The fourth-order valence-corrected chi connectivity index (χ4v) is 3.80. The van der Waals surface area contributed by atoms with Crippen LogP contribution in [0.5, 0.6) is 11.6 Å². The second kappa shape index (κ2) is 9.93. The molecule has 0 atom stereocenters. The molecule has 7 nitrogen and oxygen atoms in total. The Morgan fingerprint density at radius 1 is 1.16 bits per heavy atom. The van der Waals surface area contributed by atoms with E-state index in [0.717, 1.165) is 23.3 Å². The highest BCUT2D eigenvalue weighted by Gasteiger charge is 2.43. The number of carbonyl (C=O) groups excluding carboxylic acids is 1. The molecular weight excluding hydrogens is 487 g/mol. The molecule has 37 heavy (non-hydrogen) atoms. The molecule has 1 amide bonds. The van der Waals surface area contributed by atoms with E-state index in [-0.39, 0.29) is 5.75 Å². The lowest BCUT2D eigenvalue weighted by Crippen LogP contribution is -2.60. The van der Waals surface area contributed by atoms with Crippen molar-refractivity contribution in [2.75, 3.05) is 13.2 Å². The van der Waals surface area contributed by atoms with Gasteiger partial charge in [-0.15, -0.1) is 6.58 Å². The van der Waals surface area contributed by atoms with E-state index in [0.29, 0.717) is 31.3 Å². The predicted octanol–water partition coefficient (Wildman–Crippen LogP) is 6.30.